The summed E-state index contributed by atoms with van der Waals surface area (Å²) >= 11 is 6.15. The van der Waals surface area contributed by atoms with Gasteiger partial charge in [-0.1, -0.05) is 29.8 Å². The Morgan fingerprint density at radius 2 is 2.23 bits per heavy atom. The number of hydrogen-bond donors (Lipinski definition) is 2. The Balaban J connectivity index is 1.62. The molecule has 26 heavy (non-hydrogen) atoms. The molecule has 1 aliphatic heterocycles. The Morgan fingerprint density at radius 3 is 3.00 bits per heavy atom. The van der Waals surface area contributed by atoms with Gasteiger partial charge in [0.25, 0.3) is 5.91 Å². The Kier molecular flexibility index (Phi) is 6.16. The second kappa shape index (κ2) is 8.56. The number of fused-ring (bicyclic) bond motifs is 1. The highest BCUT2D eigenvalue weighted by molar-refractivity contribution is 6.32. The number of ether oxygens (including phenoxy) is 2. The van der Waals surface area contributed by atoms with Crippen molar-refractivity contribution in [2.45, 2.75) is 31.4 Å². The maximum absolute atomic E-state index is 12.4. The number of morpholine rings is 1. The minimum Gasteiger partial charge on any atom is -0.483 e. The third-order valence-corrected chi connectivity index (χ3v) is 5.12. The molecular weight excluding hydrogens is 356 g/mol. The monoisotopic (exact) mass is 378 g/mol. The van der Waals surface area contributed by atoms with Crippen molar-refractivity contribution in [3.63, 3.8) is 0 Å². The number of nitrogens with one attached hydrogen (secondary N) is 2. The van der Waals surface area contributed by atoms with E-state index in [4.69, 9.17) is 21.1 Å². The fourth-order valence-corrected chi connectivity index (χ4v) is 3.57. The molecule has 3 rings (SSSR count). The minimum absolute atomic E-state index is 0.00663. The van der Waals surface area contributed by atoms with Gasteiger partial charge in [0, 0.05) is 24.6 Å². The van der Waals surface area contributed by atoms with Crippen LogP contribution < -0.4 is 10.6 Å². The smallest absolute Gasteiger partial charge is 0.286 e. The molecule has 3 atom stereocenters. The first-order valence-corrected chi connectivity index (χ1v) is 9.16. The number of carbonyl (C=O) groups excluding carboxylic acids is 2. The predicted molar refractivity (Wildman–Crippen MR) is 98.5 cm³/mol. The summed E-state index contributed by atoms with van der Waals surface area (Å²) in [5, 5.41) is 6.41. The van der Waals surface area contributed by atoms with Crippen LogP contribution in [-0.2, 0) is 19.1 Å². The number of methoxy groups -OCH3 is 1. The molecule has 1 aromatic rings. The minimum atomic E-state index is -0.272. The molecule has 1 aromatic carbocycles. The molecule has 140 valence electrons. The van der Waals surface area contributed by atoms with Crippen molar-refractivity contribution >= 4 is 29.5 Å². The molecule has 7 heteroatoms. The lowest BCUT2D eigenvalue weighted by Gasteiger charge is -2.39. The van der Waals surface area contributed by atoms with Crippen LogP contribution in [0.5, 0.6) is 0 Å². The van der Waals surface area contributed by atoms with E-state index in [2.05, 4.69) is 10.6 Å². The summed E-state index contributed by atoms with van der Waals surface area (Å²) in [5.41, 5.74) is 0.740. The number of halogens is 1. The average Bonchev–Trinajstić information content (AvgIpc) is 2.64. The number of rotatable bonds is 5. The fraction of sp³-hybridized carbons (Fsp3) is 0.474. The van der Waals surface area contributed by atoms with Crippen molar-refractivity contribution in [3.05, 3.63) is 40.6 Å². The van der Waals surface area contributed by atoms with Gasteiger partial charge < -0.3 is 20.1 Å². The first-order valence-electron chi connectivity index (χ1n) is 8.79. The molecule has 6 nitrogen and oxygen atoms in total. The predicted octanol–water partition coefficient (Wildman–Crippen LogP) is 2.13. The Labute approximate surface area is 157 Å². The van der Waals surface area contributed by atoms with Crippen LogP contribution in [0, 0.1) is 5.92 Å². The summed E-state index contributed by atoms with van der Waals surface area (Å²) in [5.74, 6) is -0.118. The Morgan fingerprint density at radius 1 is 1.42 bits per heavy atom. The van der Waals surface area contributed by atoms with Gasteiger partial charge in [-0.25, -0.2) is 0 Å². The van der Waals surface area contributed by atoms with Crippen LogP contribution in [0.1, 0.15) is 24.8 Å². The van der Waals surface area contributed by atoms with E-state index in [0.717, 1.165) is 12.0 Å². The fourth-order valence-electron chi connectivity index (χ4n) is 3.38. The van der Waals surface area contributed by atoms with Crippen molar-refractivity contribution in [1.29, 1.82) is 0 Å². The van der Waals surface area contributed by atoms with Gasteiger partial charge in [0.05, 0.1) is 12.6 Å². The van der Waals surface area contributed by atoms with Gasteiger partial charge in [0.2, 0.25) is 5.91 Å². The number of benzene rings is 1. The summed E-state index contributed by atoms with van der Waals surface area (Å²) in [6.07, 6.45) is 3.57. The van der Waals surface area contributed by atoms with Gasteiger partial charge in [0.1, 0.15) is 6.10 Å². The molecule has 0 aromatic heterocycles. The zero-order valence-corrected chi connectivity index (χ0v) is 15.4. The molecular formula is C19H23ClN2O4. The van der Waals surface area contributed by atoms with E-state index in [1.54, 1.807) is 19.3 Å². The summed E-state index contributed by atoms with van der Waals surface area (Å²) in [6.45, 7) is 0.980. The van der Waals surface area contributed by atoms with Crippen LogP contribution in [0.15, 0.2) is 30.0 Å². The molecule has 0 bridgehead atoms. The zero-order chi connectivity index (χ0) is 18.5. The highest BCUT2D eigenvalue weighted by Gasteiger charge is 2.40. The normalized spacial score (nSPS) is 26.6. The second-order valence-corrected chi connectivity index (χ2v) is 6.97. The number of hydrogen-bond acceptors (Lipinski definition) is 4. The molecule has 3 unspecified atom stereocenters. The SMILES string of the molecule is COCCNC(=O)C1CCC2O/C(=C\c3ccccc3Cl)C(=O)NC2C1. The first kappa shape index (κ1) is 18.7. The molecule has 0 spiro atoms. The van der Waals surface area contributed by atoms with Crippen LogP contribution in [0.3, 0.4) is 0 Å². The number of carbonyl (C=O) groups is 2. The average molecular weight is 379 g/mol. The Bertz CT molecular complexity index is 707. The van der Waals surface area contributed by atoms with E-state index in [1.807, 2.05) is 18.2 Å². The van der Waals surface area contributed by atoms with Crippen molar-refractivity contribution < 1.29 is 19.1 Å². The van der Waals surface area contributed by atoms with Crippen LogP contribution in [0.25, 0.3) is 6.08 Å². The highest BCUT2D eigenvalue weighted by atomic mass is 35.5. The van der Waals surface area contributed by atoms with Crippen LogP contribution in [0.4, 0.5) is 0 Å². The summed E-state index contributed by atoms with van der Waals surface area (Å²) in [4.78, 5) is 24.6. The van der Waals surface area contributed by atoms with Crippen molar-refractivity contribution in [2.24, 2.45) is 5.92 Å². The third-order valence-electron chi connectivity index (χ3n) is 4.77. The second-order valence-electron chi connectivity index (χ2n) is 6.56. The van der Waals surface area contributed by atoms with Crippen LogP contribution in [0.2, 0.25) is 5.02 Å². The van der Waals surface area contributed by atoms with Crippen molar-refractivity contribution in [2.75, 3.05) is 20.3 Å². The molecule has 2 aliphatic rings. The lowest BCUT2D eigenvalue weighted by Crippen LogP contribution is -2.54. The first-order chi connectivity index (χ1) is 12.6. The largest absolute Gasteiger partial charge is 0.483 e. The highest BCUT2D eigenvalue weighted by Crippen LogP contribution is 2.32. The summed E-state index contributed by atoms with van der Waals surface area (Å²) in [6, 6.07) is 7.14. The van der Waals surface area contributed by atoms with Gasteiger partial charge in [-0.15, -0.1) is 0 Å². The molecule has 1 heterocycles. The van der Waals surface area contributed by atoms with E-state index < -0.39 is 0 Å². The number of amides is 2. The maximum atomic E-state index is 12.4. The van der Waals surface area contributed by atoms with Gasteiger partial charge >= 0.3 is 0 Å². The molecule has 1 saturated heterocycles. The molecule has 2 N–H and O–H groups in total. The van der Waals surface area contributed by atoms with E-state index in [-0.39, 0.29) is 35.6 Å². The molecule has 2 fully saturated rings. The zero-order valence-electron chi connectivity index (χ0n) is 14.7. The third kappa shape index (κ3) is 4.37. The lowest BCUT2D eigenvalue weighted by molar-refractivity contribution is -0.134. The molecule has 1 saturated carbocycles. The molecule has 2 amide bonds. The van der Waals surface area contributed by atoms with Crippen molar-refractivity contribution in [1.82, 2.24) is 10.6 Å². The van der Waals surface area contributed by atoms with Gasteiger partial charge in [-0.2, -0.15) is 0 Å². The topological polar surface area (TPSA) is 76.7 Å². The van der Waals surface area contributed by atoms with Gasteiger partial charge in [0.15, 0.2) is 5.76 Å². The molecule has 0 radical (unpaired) electrons. The quantitative estimate of drug-likeness (QED) is 0.608. The summed E-state index contributed by atoms with van der Waals surface area (Å²) < 4.78 is 10.9. The standard InChI is InChI=1S/C19H23ClN2O4/c1-25-9-8-21-18(23)13-6-7-16-15(10-13)22-19(24)17(26-16)11-12-4-2-3-5-14(12)20/h2-5,11,13,15-16H,6-10H2,1H3,(H,21,23)(H,22,24)/b17-11-. The van der Waals surface area contributed by atoms with Crippen molar-refractivity contribution in [3.8, 4) is 0 Å². The lowest BCUT2D eigenvalue weighted by atomic mass is 9.82. The van der Waals surface area contributed by atoms with Crippen LogP contribution in [-0.4, -0.2) is 44.2 Å². The van der Waals surface area contributed by atoms with Crippen LogP contribution >= 0.6 is 11.6 Å². The summed E-state index contributed by atoms with van der Waals surface area (Å²) in [7, 11) is 1.60. The van der Waals surface area contributed by atoms with E-state index in [0.29, 0.717) is 31.0 Å². The van der Waals surface area contributed by atoms with E-state index in [1.165, 1.54) is 0 Å². The van der Waals surface area contributed by atoms with Gasteiger partial charge in [-0.3, -0.25) is 9.59 Å². The maximum Gasteiger partial charge on any atom is 0.286 e. The van der Waals surface area contributed by atoms with Gasteiger partial charge in [-0.05, 0) is 37.0 Å². The Hall–Kier alpha value is -2.05. The van der Waals surface area contributed by atoms with E-state index >= 15 is 0 Å². The van der Waals surface area contributed by atoms with E-state index in [9.17, 15) is 9.59 Å². The molecule has 1 aliphatic carbocycles.